The first-order valence-electron chi connectivity index (χ1n) is 11.7. The summed E-state index contributed by atoms with van der Waals surface area (Å²) < 4.78 is 7.89. The summed E-state index contributed by atoms with van der Waals surface area (Å²) in [5.74, 6) is 5.46. The number of thiazole rings is 1. The van der Waals surface area contributed by atoms with Crippen LogP contribution >= 0.6 is 23.1 Å². The first-order valence-corrected chi connectivity index (χ1v) is 13.5. The lowest BCUT2D eigenvalue weighted by Gasteiger charge is -2.57. The summed E-state index contributed by atoms with van der Waals surface area (Å²) in [5.41, 5.74) is 2.54. The van der Waals surface area contributed by atoms with E-state index in [-0.39, 0.29) is 5.54 Å². The lowest BCUT2D eigenvalue weighted by atomic mass is 9.53. The van der Waals surface area contributed by atoms with Crippen LogP contribution < -0.4 is 4.74 Å². The molecule has 4 aliphatic carbocycles. The molecule has 4 saturated carbocycles. The van der Waals surface area contributed by atoms with Gasteiger partial charge >= 0.3 is 0 Å². The van der Waals surface area contributed by atoms with Gasteiger partial charge in [0.05, 0.1) is 22.7 Å². The SMILES string of the molecule is COc1ccc(CSc2nnc(-c3sc(C)nc3C)n2C23CC4CC(CC(C4)C2)C3)cc1. The molecule has 4 aliphatic rings. The second-order valence-corrected chi connectivity index (χ2v) is 12.2. The molecule has 0 aliphatic heterocycles. The van der Waals surface area contributed by atoms with Gasteiger partial charge in [0.15, 0.2) is 11.0 Å². The standard InChI is InChI=1S/C25H30N4OS2/c1-15-22(32-16(2)26-15)23-27-28-24(31-14-17-4-6-21(30-3)7-5-17)29(23)25-11-18-8-19(12-25)10-20(9-18)13-25/h4-7,18-20H,8-14H2,1-3H3. The molecule has 0 atom stereocenters. The third kappa shape index (κ3) is 3.48. The summed E-state index contributed by atoms with van der Waals surface area (Å²) in [7, 11) is 1.71. The summed E-state index contributed by atoms with van der Waals surface area (Å²) >= 11 is 3.58. The fourth-order valence-corrected chi connectivity index (χ4v) is 8.78. The lowest BCUT2D eigenvalue weighted by molar-refractivity contribution is -0.0464. The van der Waals surface area contributed by atoms with E-state index in [9.17, 15) is 0 Å². The molecule has 1 aromatic carbocycles. The molecule has 4 bridgehead atoms. The van der Waals surface area contributed by atoms with Gasteiger partial charge in [-0.2, -0.15) is 0 Å². The highest BCUT2D eigenvalue weighted by molar-refractivity contribution is 7.98. The Labute approximate surface area is 198 Å². The van der Waals surface area contributed by atoms with Crippen LogP contribution in [0.1, 0.15) is 54.8 Å². The van der Waals surface area contributed by atoms with Crippen LogP contribution in [0.25, 0.3) is 10.7 Å². The molecule has 0 saturated heterocycles. The Morgan fingerprint density at radius 3 is 2.25 bits per heavy atom. The highest BCUT2D eigenvalue weighted by Gasteiger charge is 2.53. The van der Waals surface area contributed by atoms with Crippen molar-refractivity contribution in [2.75, 3.05) is 7.11 Å². The number of methoxy groups -OCH3 is 1. The molecule has 0 radical (unpaired) electrons. The van der Waals surface area contributed by atoms with Crippen molar-refractivity contribution in [2.24, 2.45) is 17.8 Å². The molecule has 2 aromatic heterocycles. The van der Waals surface area contributed by atoms with E-state index in [1.165, 1.54) is 49.0 Å². The Bertz CT molecular complexity index is 1100. The molecule has 2 heterocycles. The predicted octanol–water partition coefficient (Wildman–Crippen LogP) is 6.24. The maximum absolute atomic E-state index is 5.32. The minimum absolute atomic E-state index is 0.181. The zero-order valence-electron chi connectivity index (χ0n) is 19.0. The molecule has 4 fully saturated rings. The lowest BCUT2D eigenvalue weighted by Crippen LogP contribution is -2.52. The second-order valence-electron chi connectivity index (χ2n) is 10.1. The van der Waals surface area contributed by atoms with Crippen LogP contribution in [0.5, 0.6) is 5.75 Å². The van der Waals surface area contributed by atoms with Crippen molar-refractivity contribution in [2.45, 2.75) is 68.8 Å². The van der Waals surface area contributed by atoms with Gasteiger partial charge in [-0.05, 0) is 87.8 Å². The fraction of sp³-hybridized carbons (Fsp3) is 0.560. The normalized spacial score (nSPS) is 28.4. The zero-order valence-corrected chi connectivity index (χ0v) is 20.6. The maximum atomic E-state index is 5.32. The smallest absolute Gasteiger partial charge is 0.192 e. The summed E-state index contributed by atoms with van der Waals surface area (Å²) in [6, 6.07) is 8.37. The zero-order chi connectivity index (χ0) is 21.9. The molecule has 0 N–H and O–H groups in total. The molecular weight excluding hydrogens is 436 g/mol. The molecule has 7 heteroatoms. The Kier molecular flexibility index (Phi) is 5.10. The minimum Gasteiger partial charge on any atom is -0.497 e. The van der Waals surface area contributed by atoms with E-state index < -0.39 is 0 Å². The number of rotatable bonds is 6. The van der Waals surface area contributed by atoms with Crippen LogP contribution in [-0.2, 0) is 11.3 Å². The van der Waals surface area contributed by atoms with E-state index in [0.717, 1.165) is 50.9 Å². The largest absolute Gasteiger partial charge is 0.497 e. The third-order valence-electron chi connectivity index (χ3n) is 7.75. The quantitative estimate of drug-likeness (QED) is 0.402. The molecule has 0 spiro atoms. The number of thioether (sulfide) groups is 1. The average Bonchev–Trinajstić information content (AvgIpc) is 3.34. The van der Waals surface area contributed by atoms with Crippen LogP contribution in [0.3, 0.4) is 0 Å². The third-order valence-corrected chi connectivity index (χ3v) is 9.82. The van der Waals surface area contributed by atoms with E-state index in [1.54, 1.807) is 18.4 Å². The van der Waals surface area contributed by atoms with Gasteiger partial charge in [0.25, 0.3) is 0 Å². The van der Waals surface area contributed by atoms with E-state index in [0.29, 0.717) is 0 Å². The van der Waals surface area contributed by atoms with Crippen LogP contribution in [0.4, 0.5) is 0 Å². The fourth-order valence-electron chi connectivity index (χ4n) is 6.89. The Hall–Kier alpha value is -1.86. The molecule has 0 amide bonds. The van der Waals surface area contributed by atoms with Gasteiger partial charge in [0, 0.05) is 11.3 Å². The second kappa shape index (κ2) is 7.87. The first-order chi connectivity index (χ1) is 15.5. The molecule has 32 heavy (non-hydrogen) atoms. The highest BCUT2D eigenvalue weighted by atomic mass is 32.2. The molecule has 7 rings (SSSR count). The van der Waals surface area contributed by atoms with E-state index in [1.807, 2.05) is 23.9 Å². The van der Waals surface area contributed by atoms with Gasteiger partial charge in [0.2, 0.25) is 0 Å². The van der Waals surface area contributed by atoms with E-state index in [2.05, 4.69) is 30.5 Å². The van der Waals surface area contributed by atoms with Crippen LogP contribution in [0.2, 0.25) is 0 Å². The molecule has 5 nitrogen and oxygen atoms in total. The summed E-state index contributed by atoms with van der Waals surface area (Å²) in [6.45, 7) is 4.20. The van der Waals surface area contributed by atoms with Gasteiger partial charge in [-0.15, -0.1) is 21.5 Å². The Morgan fingerprint density at radius 2 is 1.69 bits per heavy atom. The first kappa shape index (κ1) is 20.7. The summed E-state index contributed by atoms with van der Waals surface area (Å²) in [4.78, 5) is 5.91. The predicted molar refractivity (Wildman–Crippen MR) is 129 cm³/mol. The van der Waals surface area contributed by atoms with E-state index >= 15 is 0 Å². The van der Waals surface area contributed by atoms with Crippen molar-refractivity contribution in [1.82, 2.24) is 19.7 Å². The van der Waals surface area contributed by atoms with Gasteiger partial charge in [-0.25, -0.2) is 4.98 Å². The van der Waals surface area contributed by atoms with Gasteiger partial charge < -0.3 is 4.74 Å². The number of nitrogens with zero attached hydrogens (tertiary/aromatic N) is 4. The molecule has 3 aromatic rings. The average molecular weight is 467 g/mol. The van der Waals surface area contributed by atoms with E-state index in [4.69, 9.17) is 19.9 Å². The van der Waals surface area contributed by atoms with Gasteiger partial charge in [-0.1, -0.05) is 23.9 Å². The minimum atomic E-state index is 0.181. The van der Waals surface area contributed by atoms with Gasteiger partial charge in [0.1, 0.15) is 5.75 Å². The number of ether oxygens (including phenoxy) is 1. The Balaban J connectivity index is 1.39. The Morgan fingerprint density at radius 1 is 1.03 bits per heavy atom. The number of hydrogen-bond acceptors (Lipinski definition) is 6. The van der Waals surface area contributed by atoms with Crippen LogP contribution in [-0.4, -0.2) is 26.9 Å². The van der Waals surface area contributed by atoms with Crippen molar-refractivity contribution in [3.05, 3.63) is 40.5 Å². The van der Waals surface area contributed by atoms with Crippen molar-refractivity contribution < 1.29 is 4.74 Å². The van der Waals surface area contributed by atoms with Gasteiger partial charge in [-0.3, -0.25) is 4.57 Å². The number of benzene rings is 1. The van der Waals surface area contributed by atoms with Crippen molar-refractivity contribution in [1.29, 1.82) is 0 Å². The van der Waals surface area contributed by atoms with Crippen molar-refractivity contribution >= 4 is 23.1 Å². The monoisotopic (exact) mass is 466 g/mol. The maximum Gasteiger partial charge on any atom is 0.192 e. The number of aryl methyl sites for hydroxylation is 2. The van der Waals surface area contributed by atoms with Crippen LogP contribution in [0.15, 0.2) is 29.4 Å². The molecule has 0 unspecified atom stereocenters. The van der Waals surface area contributed by atoms with Crippen molar-refractivity contribution in [3.63, 3.8) is 0 Å². The molecular formula is C25H30N4OS2. The van der Waals surface area contributed by atoms with Crippen LogP contribution in [0, 0.1) is 31.6 Å². The summed E-state index contributed by atoms with van der Waals surface area (Å²) in [6.07, 6.45) is 8.17. The number of hydrogen-bond donors (Lipinski definition) is 0. The molecule has 168 valence electrons. The highest BCUT2D eigenvalue weighted by Crippen LogP contribution is 2.60. The summed E-state index contributed by atoms with van der Waals surface area (Å²) in [5, 5.41) is 11.8. The topological polar surface area (TPSA) is 52.8 Å². The number of aromatic nitrogens is 4. The van der Waals surface area contributed by atoms with Crippen molar-refractivity contribution in [3.8, 4) is 16.5 Å².